The third kappa shape index (κ3) is 4.68. The van der Waals surface area contributed by atoms with Crippen LogP contribution < -0.4 is 9.47 Å². The lowest BCUT2D eigenvalue weighted by Gasteiger charge is -2.29. The normalized spacial score (nSPS) is 15.2. The highest BCUT2D eigenvalue weighted by molar-refractivity contribution is 7.99. The molecule has 7 nitrogen and oxygen atoms in total. The molecule has 1 aliphatic heterocycles. The van der Waals surface area contributed by atoms with Gasteiger partial charge in [0.1, 0.15) is 12.4 Å². The molecule has 9 heteroatoms. The predicted octanol–water partition coefficient (Wildman–Crippen LogP) is 3.27. The van der Waals surface area contributed by atoms with Crippen molar-refractivity contribution < 1.29 is 23.1 Å². The summed E-state index contributed by atoms with van der Waals surface area (Å²) in [7, 11) is 1.71. The molecule has 1 atom stereocenters. The Morgan fingerprint density at radius 1 is 1.17 bits per heavy atom. The van der Waals surface area contributed by atoms with Crippen LogP contribution in [0.15, 0.2) is 58.2 Å². The lowest BCUT2D eigenvalue weighted by molar-refractivity contribution is -0.128. The van der Waals surface area contributed by atoms with E-state index in [0.29, 0.717) is 30.2 Å². The van der Waals surface area contributed by atoms with Crippen molar-refractivity contribution in [2.75, 3.05) is 26.0 Å². The summed E-state index contributed by atoms with van der Waals surface area (Å²) in [6.45, 7) is 0.783. The van der Waals surface area contributed by atoms with E-state index in [1.54, 1.807) is 24.1 Å². The summed E-state index contributed by atoms with van der Waals surface area (Å²) in [5.41, 5.74) is 0.615. The number of carbonyl (C=O) groups is 1. The lowest BCUT2D eigenvalue weighted by Crippen LogP contribution is -2.42. The highest BCUT2D eigenvalue weighted by Gasteiger charge is 2.24. The Balaban J connectivity index is 1.28. The standard InChI is InChI=1S/C20H18FN3O4S/c1-24(10-15-11-26-16-4-2-3-5-17(16)27-15)18(25)12-29-20-23-22-19(28-20)13-6-8-14(21)9-7-13/h2-9,15H,10-12H2,1H3/t15-/m0/s1. The fourth-order valence-corrected chi connectivity index (χ4v) is 3.47. The molecular formula is C20H18FN3O4S. The summed E-state index contributed by atoms with van der Waals surface area (Å²) in [6.07, 6.45) is -0.239. The Hall–Kier alpha value is -3.07. The van der Waals surface area contributed by atoms with Crippen LogP contribution in [0.3, 0.4) is 0 Å². The van der Waals surface area contributed by atoms with Crippen LogP contribution >= 0.6 is 11.8 Å². The van der Waals surface area contributed by atoms with Crippen molar-refractivity contribution in [2.45, 2.75) is 11.3 Å². The third-order valence-electron chi connectivity index (χ3n) is 4.29. The molecule has 0 unspecified atom stereocenters. The molecule has 1 aliphatic rings. The zero-order valence-electron chi connectivity index (χ0n) is 15.6. The molecule has 0 spiro atoms. The van der Waals surface area contributed by atoms with Crippen molar-refractivity contribution in [3.05, 3.63) is 54.3 Å². The first-order valence-electron chi connectivity index (χ1n) is 8.93. The predicted molar refractivity (Wildman–Crippen MR) is 104 cm³/mol. The summed E-state index contributed by atoms with van der Waals surface area (Å²) < 4.78 is 30.1. The van der Waals surface area contributed by atoms with Gasteiger partial charge in [0.05, 0.1) is 12.3 Å². The first kappa shape index (κ1) is 19.3. The number of carbonyl (C=O) groups excluding carboxylic acids is 1. The van der Waals surface area contributed by atoms with Crippen molar-refractivity contribution in [1.29, 1.82) is 0 Å². The van der Waals surface area contributed by atoms with Gasteiger partial charge in [0.15, 0.2) is 17.6 Å². The van der Waals surface area contributed by atoms with E-state index in [2.05, 4.69) is 10.2 Å². The molecule has 0 saturated carbocycles. The number of ether oxygens (including phenoxy) is 2. The lowest BCUT2D eigenvalue weighted by atomic mass is 10.2. The van der Waals surface area contributed by atoms with Crippen LogP contribution in [-0.2, 0) is 4.79 Å². The topological polar surface area (TPSA) is 77.7 Å². The van der Waals surface area contributed by atoms with Gasteiger partial charge >= 0.3 is 0 Å². The third-order valence-corrected chi connectivity index (χ3v) is 5.09. The maximum Gasteiger partial charge on any atom is 0.277 e. The average molecular weight is 415 g/mol. The van der Waals surface area contributed by atoms with Gasteiger partial charge in [-0.3, -0.25) is 4.79 Å². The van der Waals surface area contributed by atoms with Crippen LogP contribution in [0.5, 0.6) is 11.5 Å². The second kappa shape index (κ2) is 8.52. The minimum absolute atomic E-state index is 0.0982. The summed E-state index contributed by atoms with van der Waals surface area (Å²) in [6, 6.07) is 13.2. The van der Waals surface area contributed by atoms with E-state index in [-0.39, 0.29) is 34.7 Å². The number of likely N-dealkylation sites (N-methyl/N-ethyl adjacent to an activating group) is 1. The number of fused-ring (bicyclic) bond motifs is 1. The molecule has 0 fully saturated rings. The second-order valence-electron chi connectivity index (χ2n) is 6.44. The molecule has 3 aromatic rings. The van der Waals surface area contributed by atoms with Crippen LogP contribution in [0.4, 0.5) is 4.39 Å². The smallest absolute Gasteiger partial charge is 0.277 e. The zero-order chi connectivity index (χ0) is 20.2. The van der Waals surface area contributed by atoms with Crippen LogP contribution in [-0.4, -0.2) is 53.1 Å². The Morgan fingerprint density at radius 3 is 2.72 bits per heavy atom. The van der Waals surface area contributed by atoms with Gasteiger partial charge in [0.25, 0.3) is 5.22 Å². The number of para-hydroxylation sites is 2. The zero-order valence-corrected chi connectivity index (χ0v) is 16.4. The minimum atomic E-state index is -0.340. The number of rotatable bonds is 6. The fraction of sp³-hybridized carbons (Fsp3) is 0.250. The van der Waals surface area contributed by atoms with E-state index in [9.17, 15) is 9.18 Å². The number of hydrogen-bond acceptors (Lipinski definition) is 7. The van der Waals surface area contributed by atoms with E-state index in [4.69, 9.17) is 13.9 Å². The Bertz CT molecular complexity index is 995. The number of amides is 1. The van der Waals surface area contributed by atoms with Crippen LogP contribution in [0.25, 0.3) is 11.5 Å². The van der Waals surface area contributed by atoms with Crippen molar-refractivity contribution in [3.63, 3.8) is 0 Å². The van der Waals surface area contributed by atoms with E-state index in [1.807, 2.05) is 24.3 Å². The van der Waals surface area contributed by atoms with Crippen molar-refractivity contribution in [1.82, 2.24) is 15.1 Å². The maximum atomic E-state index is 13.0. The summed E-state index contributed by atoms with van der Waals surface area (Å²) >= 11 is 1.15. The van der Waals surface area contributed by atoms with Gasteiger partial charge < -0.3 is 18.8 Å². The Morgan fingerprint density at radius 2 is 1.93 bits per heavy atom. The molecule has 0 aliphatic carbocycles. The second-order valence-corrected chi connectivity index (χ2v) is 7.37. The van der Waals surface area contributed by atoms with E-state index in [1.165, 1.54) is 12.1 Å². The molecular weight excluding hydrogens is 397 g/mol. The first-order valence-corrected chi connectivity index (χ1v) is 9.92. The SMILES string of the molecule is CN(C[C@H]1COc2ccccc2O1)C(=O)CSc1nnc(-c2ccc(F)cc2)o1. The van der Waals surface area contributed by atoms with Gasteiger partial charge in [-0.05, 0) is 36.4 Å². The largest absolute Gasteiger partial charge is 0.486 e. The molecule has 0 N–H and O–H groups in total. The molecule has 0 bridgehead atoms. The molecule has 1 amide bonds. The first-order chi connectivity index (χ1) is 14.1. The van der Waals surface area contributed by atoms with Gasteiger partial charge in [-0.2, -0.15) is 0 Å². The van der Waals surface area contributed by atoms with E-state index in [0.717, 1.165) is 11.8 Å². The summed E-state index contributed by atoms with van der Waals surface area (Å²) in [5, 5.41) is 8.13. The van der Waals surface area contributed by atoms with Crippen LogP contribution in [0, 0.1) is 5.82 Å². The number of hydrogen-bond donors (Lipinski definition) is 0. The number of halogens is 1. The van der Waals surface area contributed by atoms with Crippen molar-refractivity contribution in [2.24, 2.45) is 0 Å². The molecule has 0 saturated heterocycles. The molecule has 0 radical (unpaired) electrons. The molecule has 1 aromatic heterocycles. The summed E-state index contributed by atoms with van der Waals surface area (Å²) in [4.78, 5) is 14.0. The fourth-order valence-electron chi connectivity index (χ4n) is 2.77. The highest BCUT2D eigenvalue weighted by atomic mass is 32.2. The van der Waals surface area contributed by atoms with Gasteiger partial charge in [0, 0.05) is 12.6 Å². The number of thioether (sulfide) groups is 1. The maximum absolute atomic E-state index is 13.0. The number of nitrogens with zero attached hydrogens (tertiary/aromatic N) is 3. The average Bonchev–Trinajstić information content (AvgIpc) is 3.21. The van der Waals surface area contributed by atoms with Crippen molar-refractivity contribution >= 4 is 17.7 Å². The van der Waals surface area contributed by atoms with E-state index < -0.39 is 0 Å². The van der Waals surface area contributed by atoms with Crippen LogP contribution in [0.2, 0.25) is 0 Å². The molecule has 4 rings (SSSR count). The molecule has 2 heterocycles. The Labute approximate surface area is 170 Å². The van der Waals surface area contributed by atoms with Crippen LogP contribution in [0.1, 0.15) is 0 Å². The van der Waals surface area contributed by atoms with Gasteiger partial charge in [-0.1, -0.05) is 23.9 Å². The minimum Gasteiger partial charge on any atom is -0.486 e. The number of aromatic nitrogens is 2. The monoisotopic (exact) mass is 415 g/mol. The quantitative estimate of drug-likeness (QED) is 0.572. The van der Waals surface area contributed by atoms with E-state index >= 15 is 0 Å². The van der Waals surface area contributed by atoms with Gasteiger partial charge in [-0.25, -0.2) is 4.39 Å². The molecule has 29 heavy (non-hydrogen) atoms. The Kier molecular flexibility index (Phi) is 5.66. The van der Waals surface area contributed by atoms with Crippen molar-refractivity contribution in [3.8, 4) is 23.0 Å². The summed E-state index contributed by atoms with van der Waals surface area (Å²) in [5.74, 6) is 1.37. The van der Waals surface area contributed by atoms with Gasteiger partial charge in [0.2, 0.25) is 11.8 Å². The molecule has 150 valence electrons. The highest BCUT2D eigenvalue weighted by Crippen LogP contribution is 2.31. The van der Waals surface area contributed by atoms with Gasteiger partial charge in [-0.15, -0.1) is 10.2 Å². The molecule has 2 aromatic carbocycles. The number of benzene rings is 2.